The van der Waals surface area contributed by atoms with Crippen molar-refractivity contribution in [1.29, 1.82) is 0 Å². The first-order valence-electron chi connectivity index (χ1n) is 8.94. The quantitative estimate of drug-likeness (QED) is 0.686. The van der Waals surface area contributed by atoms with Crippen molar-refractivity contribution >= 4 is 34.6 Å². The van der Waals surface area contributed by atoms with E-state index in [1.165, 1.54) is 10.5 Å². The van der Waals surface area contributed by atoms with Crippen LogP contribution >= 0.6 is 23.8 Å². The number of halogens is 1. The van der Waals surface area contributed by atoms with Crippen LogP contribution in [0.3, 0.4) is 0 Å². The molecule has 26 heavy (non-hydrogen) atoms. The lowest BCUT2D eigenvalue weighted by Gasteiger charge is -2.35. The van der Waals surface area contributed by atoms with Gasteiger partial charge in [-0.15, -0.1) is 0 Å². The van der Waals surface area contributed by atoms with Crippen LogP contribution < -0.4 is 15.5 Å². The van der Waals surface area contributed by atoms with Gasteiger partial charge in [0.15, 0.2) is 5.11 Å². The highest BCUT2D eigenvalue weighted by Gasteiger charge is 2.31. The second-order valence-electron chi connectivity index (χ2n) is 6.53. The Morgan fingerprint density at radius 1 is 1.08 bits per heavy atom. The Balaban J connectivity index is 1.71. The molecule has 1 fully saturated rings. The Labute approximate surface area is 165 Å². The molecule has 0 radical (unpaired) electrons. The monoisotopic (exact) mass is 390 g/mol. The zero-order valence-corrected chi connectivity index (χ0v) is 16.4. The van der Waals surface area contributed by atoms with Gasteiger partial charge in [0.1, 0.15) is 19.1 Å². The van der Waals surface area contributed by atoms with Crippen LogP contribution in [0, 0.1) is 0 Å². The summed E-state index contributed by atoms with van der Waals surface area (Å²) in [5.41, 5.74) is 2.12. The minimum absolute atomic E-state index is 0.160. The summed E-state index contributed by atoms with van der Waals surface area (Å²) in [5, 5.41) is 7.89. The minimum Gasteiger partial charge on any atom is -0.370 e. The Morgan fingerprint density at radius 2 is 1.73 bits per heavy atom. The summed E-state index contributed by atoms with van der Waals surface area (Å²) in [6, 6.07) is 18.7. The van der Waals surface area contributed by atoms with E-state index < -0.39 is 0 Å². The minimum atomic E-state index is 0.160. The number of morpholine rings is 1. The SMILES string of the molecule is C[C@@H](NC(=S)Nc1ccccc1Cl)[C@H](c1ccccc1)[NH+]1CCOCC1. The van der Waals surface area contributed by atoms with Crippen molar-refractivity contribution in [2.24, 2.45) is 0 Å². The van der Waals surface area contributed by atoms with Crippen molar-refractivity contribution in [3.05, 3.63) is 65.2 Å². The first kappa shape index (κ1) is 19.1. The number of hydrogen-bond donors (Lipinski definition) is 3. The van der Waals surface area contributed by atoms with Crippen LogP contribution in [0.15, 0.2) is 54.6 Å². The third kappa shape index (κ3) is 4.95. The fourth-order valence-electron chi connectivity index (χ4n) is 3.49. The Bertz CT molecular complexity index is 722. The first-order chi connectivity index (χ1) is 12.6. The molecule has 0 bridgehead atoms. The fraction of sp³-hybridized carbons (Fsp3) is 0.350. The lowest BCUT2D eigenvalue weighted by Crippen LogP contribution is -3.15. The zero-order chi connectivity index (χ0) is 18.4. The van der Waals surface area contributed by atoms with Gasteiger partial charge in [-0.05, 0) is 31.3 Å². The first-order valence-corrected chi connectivity index (χ1v) is 9.73. The van der Waals surface area contributed by atoms with Crippen molar-refractivity contribution < 1.29 is 9.64 Å². The number of hydrogen-bond acceptors (Lipinski definition) is 2. The van der Waals surface area contributed by atoms with E-state index in [9.17, 15) is 0 Å². The molecule has 1 aliphatic rings. The highest BCUT2D eigenvalue weighted by Crippen LogP contribution is 2.20. The predicted octanol–water partition coefficient (Wildman–Crippen LogP) is 2.67. The van der Waals surface area contributed by atoms with Crippen molar-refractivity contribution in [3.8, 4) is 0 Å². The average Bonchev–Trinajstić information content (AvgIpc) is 2.65. The summed E-state index contributed by atoms with van der Waals surface area (Å²) in [6.45, 7) is 5.77. The number of nitrogens with one attached hydrogen (secondary N) is 3. The number of anilines is 1. The van der Waals surface area contributed by atoms with Crippen LogP contribution in [0.25, 0.3) is 0 Å². The van der Waals surface area contributed by atoms with Gasteiger partial charge in [0.05, 0.1) is 30.0 Å². The number of thiocarbonyl (C=S) groups is 1. The predicted molar refractivity (Wildman–Crippen MR) is 111 cm³/mol. The normalized spacial score (nSPS) is 17.3. The molecule has 0 unspecified atom stereocenters. The maximum Gasteiger partial charge on any atom is 0.171 e. The van der Waals surface area contributed by atoms with Gasteiger partial charge in [-0.2, -0.15) is 0 Å². The lowest BCUT2D eigenvalue weighted by atomic mass is 9.98. The lowest BCUT2D eigenvalue weighted by molar-refractivity contribution is -0.940. The molecule has 2 atom stereocenters. The molecule has 0 spiro atoms. The summed E-state index contributed by atoms with van der Waals surface area (Å²) < 4.78 is 5.54. The van der Waals surface area contributed by atoms with E-state index in [0.717, 1.165) is 32.0 Å². The number of benzene rings is 2. The van der Waals surface area contributed by atoms with Gasteiger partial charge < -0.3 is 20.3 Å². The Kier molecular flexibility index (Phi) is 6.86. The van der Waals surface area contributed by atoms with Gasteiger partial charge in [0.25, 0.3) is 0 Å². The van der Waals surface area contributed by atoms with E-state index >= 15 is 0 Å². The third-order valence-electron chi connectivity index (χ3n) is 4.71. The fourth-order valence-corrected chi connectivity index (χ4v) is 3.97. The molecule has 3 rings (SSSR count). The highest BCUT2D eigenvalue weighted by molar-refractivity contribution is 7.80. The molecule has 2 aromatic rings. The maximum atomic E-state index is 6.22. The van der Waals surface area contributed by atoms with Crippen LogP contribution in [0.1, 0.15) is 18.5 Å². The number of para-hydroxylation sites is 1. The van der Waals surface area contributed by atoms with Crippen molar-refractivity contribution in [3.63, 3.8) is 0 Å². The van der Waals surface area contributed by atoms with Crippen LogP contribution in [-0.2, 0) is 4.74 Å². The van der Waals surface area contributed by atoms with Crippen molar-refractivity contribution in [2.75, 3.05) is 31.6 Å². The van der Waals surface area contributed by atoms with Crippen LogP contribution in [0.5, 0.6) is 0 Å². The largest absolute Gasteiger partial charge is 0.370 e. The zero-order valence-electron chi connectivity index (χ0n) is 14.9. The van der Waals surface area contributed by atoms with Gasteiger partial charge in [0.2, 0.25) is 0 Å². The molecule has 1 heterocycles. The van der Waals surface area contributed by atoms with Gasteiger partial charge in [0, 0.05) is 5.56 Å². The second-order valence-corrected chi connectivity index (χ2v) is 7.34. The summed E-state index contributed by atoms with van der Waals surface area (Å²) in [4.78, 5) is 1.52. The van der Waals surface area contributed by atoms with Crippen LogP contribution in [0.4, 0.5) is 5.69 Å². The summed E-state index contributed by atoms with van der Waals surface area (Å²) in [7, 11) is 0. The highest BCUT2D eigenvalue weighted by atomic mass is 35.5. The number of quaternary nitrogens is 1. The molecule has 1 saturated heterocycles. The van der Waals surface area contributed by atoms with Gasteiger partial charge in [-0.3, -0.25) is 0 Å². The molecule has 1 aliphatic heterocycles. The molecule has 4 nitrogen and oxygen atoms in total. The summed E-state index contributed by atoms with van der Waals surface area (Å²) in [5.74, 6) is 0. The van der Waals surface area contributed by atoms with E-state index in [2.05, 4.69) is 47.9 Å². The number of rotatable bonds is 5. The molecule has 2 aromatic carbocycles. The summed E-state index contributed by atoms with van der Waals surface area (Å²) in [6.07, 6.45) is 0. The molecule has 138 valence electrons. The summed E-state index contributed by atoms with van der Waals surface area (Å²) >= 11 is 11.7. The smallest absolute Gasteiger partial charge is 0.171 e. The average molecular weight is 391 g/mol. The van der Waals surface area contributed by atoms with Crippen LogP contribution in [-0.4, -0.2) is 37.5 Å². The van der Waals surface area contributed by atoms with E-state index in [4.69, 9.17) is 28.6 Å². The maximum absolute atomic E-state index is 6.22. The molecule has 3 N–H and O–H groups in total. The molecule has 0 amide bonds. The van der Waals surface area contributed by atoms with E-state index in [0.29, 0.717) is 16.2 Å². The van der Waals surface area contributed by atoms with E-state index in [-0.39, 0.29) is 6.04 Å². The van der Waals surface area contributed by atoms with Crippen molar-refractivity contribution in [2.45, 2.75) is 19.0 Å². The molecular formula is C20H25ClN3OS+. The van der Waals surface area contributed by atoms with Gasteiger partial charge >= 0.3 is 0 Å². The van der Waals surface area contributed by atoms with Crippen molar-refractivity contribution in [1.82, 2.24) is 5.32 Å². The molecule has 6 heteroatoms. The molecular weight excluding hydrogens is 366 g/mol. The van der Waals surface area contributed by atoms with Crippen LogP contribution in [0.2, 0.25) is 5.02 Å². The topological polar surface area (TPSA) is 37.7 Å². The van der Waals surface area contributed by atoms with Gasteiger partial charge in [-0.25, -0.2) is 0 Å². The van der Waals surface area contributed by atoms with E-state index in [1.807, 2.05) is 24.3 Å². The Hall–Kier alpha value is -1.66. The molecule has 0 aromatic heterocycles. The van der Waals surface area contributed by atoms with Gasteiger partial charge in [-0.1, -0.05) is 54.1 Å². The number of ether oxygens (including phenoxy) is 1. The standard InChI is InChI=1S/C20H24ClN3OS/c1-15(22-20(26)23-18-10-6-5-9-17(18)21)19(16-7-3-2-4-8-16)24-11-13-25-14-12-24/h2-10,15,19H,11-14H2,1H3,(H2,22,23,26)/p+1/t15-,19-/m1/s1. The van der Waals surface area contributed by atoms with E-state index in [1.54, 1.807) is 0 Å². The molecule has 0 saturated carbocycles. The second kappa shape index (κ2) is 9.33. The molecule has 0 aliphatic carbocycles. The third-order valence-corrected chi connectivity index (χ3v) is 5.26. The Morgan fingerprint density at radius 3 is 2.42 bits per heavy atom.